The molecule has 150 valence electrons. The smallest absolute Gasteiger partial charge is 0.257 e. The maximum Gasteiger partial charge on any atom is 0.257 e. The number of fused-ring (bicyclic) bond motifs is 1. The van der Waals surface area contributed by atoms with Gasteiger partial charge in [-0.25, -0.2) is 0 Å². The molecule has 0 aromatic heterocycles. The van der Waals surface area contributed by atoms with Gasteiger partial charge in [-0.1, -0.05) is 60.7 Å². The Balaban J connectivity index is 1.16. The third kappa shape index (κ3) is 5.58. The lowest BCUT2D eigenvalue weighted by Gasteiger charge is -2.16. The molecular formula is C25H28N2O2. The Morgan fingerprint density at radius 2 is 1.79 bits per heavy atom. The summed E-state index contributed by atoms with van der Waals surface area (Å²) in [6.45, 7) is 4.03. The number of carbonyl (C=O) groups excluding carboxylic acids is 1. The van der Waals surface area contributed by atoms with Crippen LogP contribution >= 0.6 is 0 Å². The van der Waals surface area contributed by atoms with Gasteiger partial charge < -0.3 is 15.0 Å². The van der Waals surface area contributed by atoms with Gasteiger partial charge in [0.25, 0.3) is 5.91 Å². The molecule has 0 aliphatic carbocycles. The van der Waals surface area contributed by atoms with E-state index < -0.39 is 0 Å². The first-order valence-corrected chi connectivity index (χ1v) is 10.4. The molecule has 1 saturated heterocycles. The van der Waals surface area contributed by atoms with E-state index in [2.05, 4.69) is 46.6 Å². The van der Waals surface area contributed by atoms with Gasteiger partial charge in [-0.3, -0.25) is 4.79 Å². The molecule has 1 aliphatic heterocycles. The Morgan fingerprint density at radius 1 is 1.00 bits per heavy atom. The summed E-state index contributed by atoms with van der Waals surface area (Å²) < 4.78 is 5.68. The van der Waals surface area contributed by atoms with E-state index in [1.54, 1.807) is 0 Å². The normalized spacial score (nSPS) is 16.8. The van der Waals surface area contributed by atoms with Crippen LogP contribution in [0, 0.1) is 5.92 Å². The van der Waals surface area contributed by atoms with E-state index in [-0.39, 0.29) is 12.5 Å². The molecular weight excluding hydrogens is 360 g/mol. The van der Waals surface area contributed by atoms with Crippen molar-refractivity contribution in [2.75, 3.05) is 32.8 Å². The van der Waals surface area contributed by atoms with Crippen molar-refractivity contribution in [1.82, 2.24) is 10.2 Å². The van der Waals surface area contributed by atoms with Crippen LogP contribution in [0.2, 0.25) is 0 Å². The average Bonchev–Trinajstić information content (AvgIpc) is 3.23. The van der Waals surface area contributed by atoms with Gasteiger partial charge in [0.05, 0.1) is 0 Å². The largest absolute Gasteiger partial charge is 0.484 e. The highest BCUT2D eigenvalue weighted by molar-refractivity contribution is 5.84. The Labute approximate surface area is 172 Å². The second-order valence-corrected chi connectivity index (χ2v) is 7.79. The number of nitrogens with zero attached hydrogens (tertiary/aromatic N) is 1. The van der Waals surface area contributed by atoms with Gasteiger partial charge in [-0.2, -0.15) is 0 Å². The maximum absolute atomic E-state index is 12.2. The molecule has 0 spiro atoms. The van der Waals surface area contributed by atoms with Crippen LogP contribution < -0.4 is 10.1 Å². The van der Waals surface area contributed by atoms with E-state index in [9.17, 15) is 4.79 Å². The standard InChI is InChI=1S/C25H28N2O2/c28-25(19-29-24-11-10-22-8-4-5-9-23(22)16-24)26-17-21-13-15-27(18-21)14-12-20-6-2-1-3-7-20/h1-11,16,21H,12-15,17-19H2,(H,26,28)/t21-/m1/s1. The number of rotatable bonds is 8. The van der Waals surface area contributed by atoms with Gasteiger partial charge >= 0.3 is 0 Å². The molecule has 1 fully saturated rings. The van der Waals surface area contributed by atoms with E-state index >= 15 is 0 Å². The first-order chi connectivity index (χ1) is 14.3. The van der Waals surface area contributed by atoms with Crippen molar-refractivity contribution in [1.29, 1.82) is 0 Å². The van der Waals surface area contributed by atoms with Crippen molar-refractivity contribution >= 4 is 16.7 Å². The topological polar surface area (TPSA) is 41.6 Å². The Hall–Kier alpha value is -2.85. The van der Waals surface area contributed by atoms with Gasteiger partial charge in [-0.05, 0) is 53.8 Å². The Morgan fingerprint density at radius 3 is 2.66 bits per heavy atom. The van der Waals surface area contributed by atoms with Crippen molar-refractivity contribution in [2.24, 2.45) is 5.92 Å². The second kappa shape index (κ2) is 9.57. The van der Waals surface area contributed by atoms with Crippen LogP contribution in [-0.2, 0) is 11.2 Å². The number of hydrogen-bond acceptors (Lipinski definition) is 3. The monoisotopic (exact) mass is 388 g/mol. The highest BCUT2D eigenvalue weighted by Crippen LogP contribution is 2.20. The average molecular weight is 389 g/mol. The summed E-state index contributed by atoms with van der Waals surface area (Å²) in [5, 5.41) is 5.32. The minimum absolute atomic E-state index is 0.0547. The Kier molecular flexibility index (Phi) is 6.42. The summed E-state index contributed by atoms with van der Waals surface area (Å²) in [5.41, 5.74) is 1.38. The molecule has 1 atom stereocenters. The van der Waals surface area contributed by atoms with Gasteiger partial charge in [0.1, 0.15) is 5.75 Å². The van der Waals surface area contributed by atoms with Crippen LogP contribution in [-0.4, -0.2) is 43.6 Å². The SMILES string of the molecule is O=C(COc1ccc2ccccc2c1)NC[C@H]1CCN(CCc2ccccc2)C1. The minimum Gasteiger partial charge on any atom is -0.484 e. The zero-order chi connectivity index (χ0) is 19.9. The molecule has 1 heterocycles. The lowest BCUT2D eigenvalue weighted by Crippen LogP contribution is -2.34. The van der Waals surface area contributed by atoms with Gasteiger partial charge in [0, 0.05) is 19.6 Å². The van der Waals surface area contributed by atoms with E-state index in [0.29, 0.717) is 5.92 Å². The highest BCUT2D eigenvalue weighted by Gasteiger charge is 2.22. The van der Waals surface area contributed by atoms with Crippen LogP contribution in [0.15, 0.2) is 72.8 Å². The van der Waals surface area contributed by atoms with Gasteiger partial charge in [-0.15, -0.1) is 0 Å². The predicted octanol–water partition coefficient (Wildman–Crippen LogP) is 3.90. The number of nitrogens with one attached hydrogen (secondary N) is 1. The molecule has 3 aromatic rings. The van der Waals surface area contributed by atoms with Gasteiger partial charge in [0.2, 0.25) is 0 Å². The fourth-order valence-corrected chi connectivity index (χ4v) is 3.93. The van der Waals surface area contributed by atoms with Crippen molar-refractivity contribution in [3.8, 4) is 5.75 Å². The third-order valence-electron chi connectivity index (χ3n) is 5.61. The molecule has 1 aliphatic rings. The lowest BCUT2D eigenvalue weighted by atomic mass is 10.1. The van der Waals surface area contributed by atoms with Gasteiger partial charge in [0.15, 0.2) is 6.61 Å². The first kappa shape index (κ1) is 19.5. The molecule has 0 saturated carbocycles. The molecule has 0 radical (unpaired) electrons. The zero-order valence-corrected chi connectivity index (χ0v) is 16.7. The fourth-order valence-electron chi connectivity index (χ4n) is 3.93. The third-order valence-corrected chi connectivity index (χ3v) is 5.61. The molecule has 4 heteroatoms. The van der Waals surface area contributed by atoms with E-state index in [1.165, 1.54) is 10.9 Å². The quantitative estimate of drug-likeness (QED) is 0.636. The summed E-state index contributed by atoms with van der Waals surface area (Å²) in [4.78, 5) is 14.7. The summed E-state index contributed by atoms with van der Waals surface area (Å²) in [6.07, 6.45) is 2.22. The van der Waals surface area contributed by atoms with E-state index in [0.717, 1.165) is 50.2 Å². The first-order valence-electron chi connectivity index (χ1n) is 10.4. The highest BCUT2D eigenvalue weighted by atomic mass is 16.5. The van der Waals surface area contributed by atoms with Crippen LogP contribution in [0.1, 0.15) is 12.0 Å². The van der Waals surface area contributed by atoms with Crippen molar-refractivity contribution < 1.29 is 9.53 Å². The zero-order valence-electron chi connectivity index (χ0n) is 16.7. The van der Waals surface area contributed by atoms with E-state index in [1.807, 2.05) is 36.4 Å². The van der Waals surface area contributed by atoms with Crippen molar-refractivity contribution in [2.45, 2.75) is 12.8 Å². The fraction of sp³-hybridized carbons (Fsp3) is 0.320. The lowest BCUT2D eigenvalue weighted by molar-refractivity contribution is -0.123. The van der Waals surface area contributed by atoms with E-state index in [4.69, 9.17) is 4.74 Å². The molecule has 3 aromatic carbocycles. The number of amides is 1. The number of ether oxygens (including phenoxy) is 1. The van der Waals surface area contributed by atoms with Crippen LogP contribution in [0.4, 0.5) is 0 Å². The molecule has 4 rings (SSSR count). The maximum atomic E-state index is 12.2. The summed E-state index contributed by atoms with van der Waals surface area (Å²) in [6, 6.07) is 24.7. The van der Waals surface area contributed by atoms with Crippen molar-refractivity contribution in [3.05, 3.63) is 78.4 Å². The Bertz CT molecular complexity index is 942. The molecule has 0 unspecified atom stereocenters. The number of hydrogen-bond donors (Lipinski definition) is 1. The minimum atomic E-state index is -0.0547. The predicted molar refractivity (Wildman–Crippen MR) is 117 cm³/mol. The summed E-state index contributed by atoms with van der Waals surface area (Å²) in [5.74, 6) is 1.20. The van der Waals surface area contributed by atoms with Crippen LogP contribution in [0.5, 0.6) is 5.75 Å². The molecule has 29 heavy (non-hydrogen) atoms. The van der Waals surface area contributed by atoms with Crippen LogP contribution in [0.3, 0.4) is 0 Å². The summed E-state index contributed by atoms with van der Waals surface area (Å²) in [7, 11) is 0. The number of benzene rings is 3. The molecule has 4 nitrogen and oxygen atoms in total. The summed E-state index contributed by atoms with van der Waals surface area (Å²) >= 11 is 0. The molecule has 1 amide bonds. The molecule has 0 bridgehead atoms. The van der Waals surface area contributed by atoms with Crippen LogP contribution in [0.25, 0.3) is 10.8 Å². The molecule has 1 N–H and O–H groups in total. The number of likely N-dealkylation sites (tertiary alicyclic amines) is 1. The van der Waals surface area contributed by atoms with Crippen molar-refractivity contribution in [3.63, 3.8) is 0 Å². The second-order valence-electron chi connectivity index (χ2n) is 7.79. The number of carbonyl (C=O) groups is 1.